The predicted molar refractivity (Wildman–Crippen MR) is 109 cm³/mol. The van der Waals surface area contributed by atoms with E-state index in [4.69, 9.17) is 4.74 Å². The molecular weight excluding hydrogens is 371 g/mol. The lowest BCUT2D eigenvalue weighted by atomic mass is 10.1. The molecule has 5 nitrogen and oxygen atoms in total. The van der Waals surface area contributed by atoms with Crippen LogP contribution >= 0.6 is 0 Å². The first-order valence-corrected chi connectivity index (χ1v) is 9.11. The van der Waals surface area contributed by atoms with Gasteiger partial charge < -0.3 is 15.4 Å². The van der Waals surface area contributed by atoms with Crippen LogP contribution in [0.2, 0.25) is 0 Å². The molecule has 2 N–H and O–H groups in total. The van der Waals surface area contributed by atoms with Crippen LogP contribution in [0.1, 0.15) is 21.5 Å². The highest BCUT2D eigenvalue weighted by Crippen LogP contribution is 2.16. The van der Waals surface area contributed by atoms with Crippen molar-refractivity contribution < 1.29 is 18.7 Å². The summed E-state index contributed by atoms with van der Waals surface area (Å²) in [4.78, 5) is 24.2. The average Bonchev–Trinajstić information content (AvgIpc) is 2.71. The van der Waals surface area contributed by atoms with Gasteiger partial charge in [0, 0.05) is 17.3 Å². The maximum absolute atomic E-state index is 13.2. The topological polar surface area (TPSA) is 67.4 Å². The molecule has 0 radical (unpaired) electrons. The summed E-state index contributed by atoms with van der Waals surface area (Å²) in [7, 11) is 0. The number of carbonyl (C=O) groups excluding carboxylic acids is 2. The number of hydrogen-bond donors (Lipinski definition) is 2. The van der Waals surface area contributed by atoms with E-state index in [-0.39, 0.29) is 30.8 Å². The van der Waals surface area contributed by atoms with E-state index < -0.39 is 0 Å². The van der Waals surface area contributed by atoms with Crippen molar-refractivity contribution >= 4 is 17.5 Å². The molecule has 0 aliphatic carbocycles. The van der Waals surface area contributed by atoms with E-state index in [0.29, 0.717) is 17.0 Å². The molecule has 0 aromatic heterocycles. The van der Waals surface area contributed by atoms with Crippen molar-refractivity contribution in [1.82, 2.24) is 5.32 Å². The molecule has 0 saturated heterocycles. The number of anilines is 1. The first-order valence-electron chi connectivity index (χ1n) is 9.11. The number of rotatable bonds is 7. The monoisotopic (exact) mass is 392 g/mol. The first kappa shape index (κ1) is 20.1. The molecule has 0 unspecified atom stereocenters. The van der Waals surface area contributed by atoms with E-state index in [2.05, 4.69) is 10.6 Å². The molecule has 0 aliphatic rings. The maximum atomic E-state index is 13.2. The molecule has 0 bridgehead atoms. The fraction of sp³-hybridized carbons (Fsp3) is 0.130. The van der Waals surface area contributed by atoms with Crippen molar-refractivity contribution in [3.05, 3.63) is 95.3 Å². The molecule has 2 amide bonds. The van der Waals surface area contributed by atoms with Gasteiger partial charge in [0.15, 0.2) is 0 Å². The Bertz CT molecular complexity index is 1000. The third-order valence-corrected chi connectivity index (χ3v) is 4.14. The number of carbonyl (C=O) groups is 2. The van der Waals surface area contributed by atoms with Crippen molar-refractivity contribution in [1.29, 1.82) is 0 Å². The Hall–Kier alpha value is -3.67. The van der Waals surface area contributed by atoms with Crippen LogP contribution < -0.4 is 15.4 Å². The standard InChI is InChI=1S/C23H21FN2O3/c1-16-8-10-18(11-9-16)23(28)25-14-22(27)26-20-6-2-4-17(12-20)15-29-21-7-3-5-19(24)13-21/h2-13H,14-15H2,1H3,(H,25,28)(H,26,27). The van der Waals surface area contributed by atoms with Gasteiger partial charge in [0.25, 0.3) is 5.91 Å². The van der Waals surface area contributed by atoms with Crippen LogP contribution in [0.3, 0.4) is 0 Å². The molecular formula is C23H21FN2O3. The minimum Gasteiger partial charge on any atom is -0.489 e. The summed E-state index contributed by atoms with van der Waals surface area (Å²) in [5.41, 5.74) is 2.95. The number of hydrogen-bond acceptors (Lipinski definition) is 3. The molecule has 3 rings (SSSR count). The van der Waals surface area contributed by atoms with Gasteiger partial charge in [-0.2, -0.15) is 0 Å². The normalized spacial score (nSPS) is 10.3. The Morgan fingerprint density at radius 2 is 1.72 bits per heavy atom. The van der Waals surface area contributed by atoms with E-state index in [1.54, 1.807) is 42.5 Å². The van der Waals surface area contributed by atoms with Gasteiger partial charge in [-0.1, -0.05) is 35.9 Å². The number of amides is 2. The summed E-state index contributed by atoms with van der Waals surface area (Å²) >= 11 is 0. The Morgan fingerprint density at radius 3 is 2.48 bits per heavy atom. The Labute approximate surface area is 168 Å². The summed E-state index contributed by atoms with van der Waals surface area (Å²) < 4.78 is 18.8. The highest BCUT2D eigenvalue weighted by Gasteiger charge is 2.08. The van der Waals surface area contributed by atoms with Crippen LogP contribution in [0.5, 0.6) is 5.75 Å². The summed E-state index contributed by atoms with van der Waals surface area (Å²) in [6, 6.07) is 20.1. The molecule has 148 valence electrons. The van der Waals surface area contributed by atoms with Gasteiger partial charge in [-0.15, -0.1) is 0 Å². The number of aryl methyl sites for hydroxylation is 1. The summed E-state index contributed by atoms with van der Waals surface area (Å²) in [6.07, 6.45) is 0. The zero-order valence-corrected chi connectivity index (χ0v) is 15.9. The second-order valence-electron chi connectivity index (χ2n) is 6.54. The third kappa shape index (κ3) is 6.17. The summed E-state index contributed by atoms with van der Waals surface area (Å²) in [6.45, 7) is 2.03. The smallest absolute Gasteiger partial charge is 0.251 e. The van der Waals surface area contributed by atoms with Gasteiger partial charge in [0.05, 0.1) is 6.54 Å². The van der Waals surface area contributed by atoms with Crippen LogP contribution in [0, 0.1) is 12.7 Å². The van der Waals surface area contributed by atoms with E-state index in [0.717, 1.165) is 11.1 Å². The zero-order valence-electron chi connectivity index (χ0n) is 15.9. The number of benzene rings is 3. The largest absolute Gasteiger partial charge is 0.489 e. The van der Waals surface area contributed by atoms with Crippen molar-refractivity contribution in [2.75, 3.05) is 11.9 Å². The molecule has 3 aromatic rings. The lowest BCUT2D eigenvalue weighted by Crippen LogP contribution is -2.32. The molecule has 0 spiro atoms. The molecule has 0 saturated carbocycles. The van der Waals surface area contributed by atoms with Crippen molar-refractivity contribution in [2.45, 2.75) is 13.5 Å². The van der Waals surface area contributed by atoms with Crippen molar-refractivity contribution in [3.8, 4) is 5.75 Å². The highest BCUT2D eigenvalue weighted by atomic mass is 19.1. The summed E-state index contributed by atoms with van der Waals surface area (Å²) in [5.74, 6) is -0.583. The quantitative estimate of drug-likeness (QED) is 0.637. The Morgan fingerprint density at radius 1 is 0.966 bits per heavy atom. The van der Waals surface area contributed by atoms with E-state index in [1.165, 1.54) is 12.1 Å². The molecule has 29 heavy (non-hydrogen) atoms. The molecule has 0 fully saturated rings. The lowest BCUT2D eigenvalue weighted by molar-refractivity contribution is -0.115. The minimum absolute atomic E-state index is 0.142. The van der Waals surface area contributed by atoms with E-state index in [1.807, 2.05) is 25.1 Å². The lowest BCUT2D eigenvalue weighted by Gasteiger charge is -2.10. The molecule has 0 aliphatic heterocycles. The number of nitrogens with one attached hydrogen (secondary N) is 2. The average molecular weight is 392 g/mol. The van der Waals surface area contributed by atoms with Gasteiger partial charge in [-0.3, -0.25) is 9.59 Å². The van der Waals surface area contributed by atoms with Crippen LogP contribution in [0.4, 0.5) is 10.1 Å². The van der Waals surface area contributed by atoms with E-state index in [9.17, 15) is 14.0 Å². The molecule has 3 aromatic carbocycles. The van der Waals surface area contributed by atoms with Crippen LogP contribution in [0.15, 0.2) is 72.8 Å². The highest BCUT2D eigenvalue weighted by molar-refractivity contribution is 5.99. The van der Waals surface area contributed by atoms with Crippen LogP contribution in [-0.2, 0) is 11.4 Å². The van der Waals surface area contributed by atoms with E-state index >= 15 is 0 Å². The summed E-state index contributed by atoms with van der Waals surface area (Å²) in [5, 5.41) is 5.33. The predicted octanol–water partition coefficient (Wildman–Crippen LogP) is 4.08. The molecule has 6 heteroatoms. The first-order chi connectivity index (χ1) is 14.0. The fourth-order valence-electron chi connectivity index (χ4n) is 2.64. The number of ether oxygens (including phenoxy) is 1. The Balaban J connectivity index is 1.50. The van der Waals surface area contributed by atoms with Crippen molar-refractivity contribution in [3.63, 3.8) is 0 Å². The maximum Gasteiger partial charge on any atom is 0.251 e. The minimum atomic E-state index is -0.365. The van der Waals surface area contributed by atoms with Crippen LogP contribution in [0.25, 0.3) is 0 Å². The number of halogens is 1. The Kier molecular flexibility index (Phi) is 6.58. The van der Waals surface area contributed by atoms with Gasteiger partial charge >= 0.3 is 0 Å². The third-order valence-electron chi connectivity index (χ3n) is 4.14. The van der Waals surface area contributed by atoms with Crippen molar-refractivity contribution in [2.24, 2.45) is 0 Å². The van der Waals surface area contributed by atoms with Gasteiger partial charge in [-0.25, -0.2) is 4.39 Å². The zero-order chi connectivity index (χ0) is 20.6. The molecule has 0 heterocycles. The molecule has 0 atom stereocenters. The van der Waals surface area contributed by atoms with Gasteiger partial charge in [-0.05, 0) is 48.9 Å². The van der Waals surface area contributed by atoms with Gasteiger partial charge in [0.2, 0.25) is 5.91 Å². The SMILES string of the molecule is Cc1ccc(C(=O)NCC(=O)Nc2cccc(COc3cccc(F)c3)c2)cc1. The van der Waals surface area contributed by atoms with Gasteiger partial charge in [0.1, 0.15) is 18.2 Å². The second-order valence-corrected chi connectivity index (χ2v) is 6.54. The van der Waals surface area contributed by atoms with Crippen LogP contribution in [-0.4, -0.2) is 18.4 Å². The second kappa shape index (κ2) is 9.50. The fourth-order valence-corrected chi connectivity index (χ4v) is 2.64.